The molecule has 0 spiro atoms. The number of hydrogen-bond acceptors (Lipinski definition) is 4. The average molecular weight is 476 g/mol. The Bertz CT molecular complexity index is 1320. The summed E-state index contributed by atoms with van der Waals surface area (Å²) in [6.07, 6.45) is 0.988. The van der Waals surface area contributed by atoms with Crippen molar-refractivity contribution >= 4 is 37.5 Å². The normalized spacial score (nSPS) is 18.2. The van der Waals surface area contributed by atoms with Gasteiger partial charge in [0, 0.05) is 13.1 Å². The van der Waals surface area contributed by atoms with Crippen molar-refractivity contribution in [1.29, 1.82) is 0 Å². The zero-order chi connectivity index (χ0) is 23.0. The molecule has 1 aliphatic rings. The van der Waals surface area contributed by atoms with Gasteiger partial charge in [0.2, 0.25) is 10.0 Å². The predicted molar refractivity (Wildman–Crippen MR) is 123 cm³/mol. The molecule has 1 amide bonds. The SMILES string of the molecule is CCn1c(=NC(=O)C2CCCN2S(=O)(=O)c2ccc(F)cc2)sc2cc(C(C)C)ccc21. The van der Waals surface area contributed by atoms with Gasteiger partial charge in [0.1, 0.15) is 11.9 Å². The van der Waals surface area contributed by atoms with Gasteiger partial charge in [-0.15, -0.1) is 0 Å². The van der Waals surface area contributed by atoms with E-state index in [0.29, 0.717) is 30.1 Å². The summed E-state index contributed by atoms with van der Waals surface area (Å²) in [5.41, 5.74) is 2.22. The van der Waals surface area contributed by atoms with Crippen LogP contribution in [0.15, 0.2) is 52.4 Å². The number of thiazole rings is 1. The third-order valence-corrected chi connectivity index (χ3v) is 8.77. The summed E-state index contributed by atoms with van der Waals surface area (Å²) >= 11 is 1.44. The number of fused-ring (bicyclic) bond motifs is 1. The number of amides is 1. The minimum atomic E-state index is -3.91. The lowest BCUT2D eigenvalue weighted by Gasteiger charge is -2.21. The fourth-order valence-corrected chi connectivity index (χ4v) is 6.82. The highest BCUT2D eigenvalue weighted by molar-refractivity contribution is 7.89. The number of carbonyl (C=O) groups excluding carboxylic acids is 1. The first-order valence-electron chi connectivity index (χ1n) is 10.7. The molecule has 1 aliphatic heterocycles. The predicted octanol–water partition coefficient (Wildman–Crippen LogP) is 4.27. The number of hydrogen-bond donors (Lipinski definition) is 0. The van der Waals surface area contributed by atoms with Gasteiger partial charge >= 0.3 is 0 Å². The third kappa shape index (κ3) is 4.16. The highest BCUT2D eigenvalue weighted by Gasteiger charge is 2.39. The van der Waals surface area contributed by atoms with Crippen molar-refractivity contribution < 1.29 is 17.6 Å². The van der Waals surface area contributed by atoms with E-state index in [4.69, 9.17) is 0 Å². The first-order chi connectivity index (χ1) is 15.2. The lowest BCUT2D eigenvalue weighted by Crippen LogP contribution is -2.40. The fraction of sp³-hybridized carbons (Fsp3) is 0.391. The molecule has 1 saturated heterocycles. The van der Waals surface area contributed by atoms with E-state index in [2.05, 4.69) is 37.0 Å². The van der Waals surface area contributed by atoms with Crippen molar-refractivity contribution in [2.24, 2.45) is 4.99 Å². The number of nitrogens with zero attached hydrogens (tertiary/aromatic N) is 3. The molecule has 2 aromatic carbocycles. The maximum absolute atomic E-state index is 13.2. The Kier molecular flexibility index (Phi) is 6.33. The summed E-state index contributed by atoms with van der Waals surface area (Å²) < 4.78 is 43.7. The summed E-state index contributed by atoms with van der Waals surface area (Å²) in [7, 11) is -3.91. The highest BCUT2D eigenvalue weighted by atomic mass is 32.2. The monoisotopic (exact) mass is 475 g/mol. The molecule has 4 rings (SSSR count). The van der Waals surface area contributed by atoms with Gasteiger partial charge in [0.25, 0.3) is 5.91 Å². The maximum atomic E-state index is 13.2. The van der Waals surface area contributed by atoms with Crippen LogP contribution in [-0.4, -0.2) is 35.8 Å². The van der Waals surface area contributed by atoms with Gasteiger partial charge in [-0.25, -0.2) is 12.8 Å². The van der Waals surface area contributed by atoms with E-state index >= 15 is 0 Å². The lowest BCUT2D eigenvalue weighted by molar-refractivity contribution is -0.121. The van der Waals surface area contributed by atoms with Crippen molar-refractivity contribution in [1.82, 2.24) is 8.87 Å². The molecule has 0 aliphatic carbocycles. The zero-order valence-corrected chi connectivity index (χ0v) is 19.9. The second-order valence-corrected chi connectivity index (χ2v) is 11.1. The summed E-state index contributed by atoms with van der Waals surface area (Å²) in [6, 6.07) is 10.1. The van der Waals surface area contributed by atoms with Crippen LogP contribution in [0.3, 0.4) is 0 Å². The Balaban J connectivity index is 1.71. The molecule has 9 heteroatoms. The number of aryl methyl sites for hydroxylation is 1. The van der Waals surface area contributed by atoms with Gasteiger partial charge in [-0.05, 0) is 67.6 Å². The van der Waals surface area contributed by atoms with Gasteiger partial charge in [-0.3, -0.25) is 4.79 Å². The molecule has 32 heavy (non-hydrogen) atoms. The average Bonchev–Trinajstić information content (AvgIpc) is 3.38. The summed E-state index contributed by atoms with van der Waals surface area (Å²) in [6.45, 7) is 7.15. The van der Waals surface area contributed by atoms with E-state index < -0.39 is 27.8 Å². The Labute approximate surface area is 191 Å². The van der Waals surface area contributed by atoms with Crippen LogP contribution in [0.5, 0.6) is 0 Å². The maximum Gasteiger partial charge on any atom is 0.266 e. The Morgan fingerprint density at radius 1 is 1.22 bits per heavy atom. The molecular weight excluding hydrogens is 449 g/mol. The largest absolute Gasteiger partial charge is 0.317 e. The summed E-state index contributed by atoms with van der Waals surface area (Å²) in [4.78, 5) is 18.1. The first-order valence-corrected chi connectivity index (χ1v) is 13.0. The van der Waals surface area contributed by atoms with E-state index in [9.17, 15) is 17.6 Å². The Hall–Kier alpha value is -2.36. The summed E-state index contributed by atoms with van der Waals surface area (Å²) in [5.74, 6) is -0.587. The Morgan fingerprint density at radius 3 is 2.59 bits per heavy atom. The molecule has 1 unspecified atom stereocenters. The third-order valence-electron chi connectivity index (χ3n) is 5.80. The molecule has 0 bridgehead atoms. The van der Waals surface area contributed by atoms with E-state index in [1.54, 1.807) is 0 Å². The van der Waals surface area contributed by atoms with Crippen molar-refractivity contribution in [3.05, 3.63) is 58.6 Å². The second-order valence-electron chi connectivity index (χ2n) is 8.19. The van der Waals surface area contributed by atoms with Crippen LogP contribution in [0.2, 0.25) is 0 Å². The second kappa shape index (κ2) is 8.88. The van der Waals surface area contributed by atoms with E-state index in [-0.39, 0.29) is 11.4 Å². The zero-order valence-electron chi connectivity index (χ0n) is 18.3. The molecule has 1 fully saturated rings. The van der Waals surface area contributed by atoms with Crippen LogP contribution in [0, 0.1) is 5.82 Å². The van der Waals surface area contributed by atoms with Crippen molar-refractivity contribution in [2.45, 2.75) is 57.0 Å². The van der Waals surface area contributed by atoms with Crippen molar-refractivity contribution in [3.8, 4) is 0 Å². The molecule has 3 aromatic rings. The number of carbonyl (C=O) groups is 1. The van der Waals surface area contributed by atoms with Gasteiger partial charge < -0.3 is 4.57 Å². The molecule has 2 heterocycles. The van der Waals surface area contributed by atoms with Gasteiger partial charge in [0.15, 0.2) is 4.80 Å². The van der Waals surface area contributed by atoms with E-state index in [0.717, 1.165) is 22.3 Å². The molecule has 1 atom stereocenters. The van der Waals surface area contributed by atoms with E-state index in [1.807, 2.05) is 11.5 Å². The van der Waals surface area contributed by atoms with Crippen molar-refractivity contribution in [2.75, 3.05) is 6.54 Å². The smallest absolute Gasteiger partial charge is 0.266 e. The van der Waals surface area contributed by atoms with Gasteiger partial charge in [0.05, 0.1) is 15.1 Å². The van der Waals surface area contributed by atoms with Crippen LogP contribution in [0.4, 0.5) is 4.39 Å². The Morgan fingerprint density at radius 2 is 1.94 bits per heavy atom. The van der Waals surface area contributed by atoms with Crippen LogP contribution >= 0.6 is 11.3 Å². The lowest BCUT2D eigenvalue weighted by atomic mass is 10.0. The fourth-order valence-electron chi connectivity index (χ4n) is 4.03. The molecule has 6 nitrogen and oxygen atoms in total. The minimum Gasteiger partial charge on any atom is -0.317 e. The molecule has 1 aromatic heterocycles. The van der Waals surface area contributed by atoms with Crippen LogP contribution in [0.1, 0.15) is 45.1 Å². The molecule has 0 saturated carbocycles. The van der Waals surface area contributed by atoms with E-state index in [1.165, 1.54) is 33.3 Å². The number of sulfonamides is 1. The quantitative estimate of drug-likeness (QED) is 0.553. The van der Waals surface area contributed by atoms with Crippen molar-refractivity contribution in [3.63, 3.8) is 0 Å². The molecular formula is C23H26FN3O3S2. The van der Waals surface area contributed by atoms with Gasteiger partial charge in [-0.1, -0.05) is 31.3 Å². The number of halogens is 1. The standard InChI is InChI=1S/C23H26FN3O3S2/c1-4-26-19-12-7-16(15(2)3)14-21(19)31-23(26)25-22(28)20-6-5-13-27(20)32(29,30)18-10-8-17(24)9-11-18/h7-12,14-15,20H,4-6,13H2,1-3H3. The molecule has 0 N–H and O–H groups in total. The minimum absolute atomic E-state index is 0.0229. The van der Waals surface area contributed by atoms with Crippen LogP contribution in [-0.2, 0) is 21.4 Å². The highest BCUT2D eigenvalue weighted by Crippen LogP contribution is 2.28. The number of rotatable bonds is 5. The first kappa shape index (κ1) is 22.8. The van der Waals surface area contributed by atoms with Crippen LogP contribution in [0.25, 0.3) is 10.2 Å². The number of benzene rings is 2. The van der Waals surface area contributed by atoms with Gasteiger partial charge in [-0.2, -0.15) is 9.30 Å². The topological polar surface area (TPSA) is 71.7 Å². The summed E-state index contributed by atoms with van der Waals surface area (Å²) in [5, 5.41) is 0. The number of aromatic nitrogens is 1. The molecule has 0 radical (unpaired) electrons. The molecule has 170 valence electrons. The van der Waals surface area contributed by atoms with Crippen LogP contribution < -0.4 is 4.80 Å².